The molecule has 1 heteroatoms. The minimum absolute atomic E-state index is 0.626. The third-order valence-electron chi connectivity index (χ3n) is 2.80. The van der Waals surface area contributed by atoms with E-state index in [0.29, 0.717) is 5.92 Å². The highest BCUT2D eigenvalue weighted by atomic mass is 14.8. The molecular formula is C15H21N. The zero-order chi connectivity index (χ0) is 11.6. The van der Waals surface area contributed by atoms with Crippen LogP contribution in [0.5, 0.6) is 0 Å². The van der Waals surface area contributed by atoms with E-state index < -0.39 is 0 Å². The van der Waals surface area contributed by atoms with E-state index in [-0.39, 0.29) is 0 Å². The average Bonchev–Trinajstić information content (AvgIpc) is 2.34. The lowest BCUT2D eigenvalue weighted by Gasteiger charge is -2.12. The molecule has 0 bridgehead atoms. The van der Waals surface area contributed by atoms with Crippen LogP contribution in [0.25, 0.3) is 0 Å². The zero-order valence-electron chi connectivity index (χ0n) is 10.1. The molecule has 0 aliphatic heterocycles. The Balaban J connectivity index is 2.12. The van der Waals surface area contributed by atoms with E-state index in [1.807, 2.05) is 0 Å². The fraction of sp³-hybridized carbons (Fsp3) is 0.467. The zero-order valence-corrected chi connectivity index (χ0v) is 10.1. The van der Waals surface area contributed by atoms with Crippen LogP contribution < -0.4 is 5.32 Å². The lowest BCUT2D eigenvalue weighted by Crippen LogP contribution is -2.18. The molecule has 0 saturated heterocycles. The van der Waals surface area contributed by atoms with Gasteiger partial charge in [-0.1, -0.05) is 37.3 Å². The molecule has 0 fully saturated rings. The molecule has 1 aromatic carbocycles. The molecule has 0 aromatic heterocycles. The molecule has 1 nitrogen and oxygen atoms in total. The van der Waals surface area contributed by atoms with Crippen molar-refractivity contribution in [2.75, 3.05) is 13.1 Å². The molecule has 1 N–H and O–H groups in total. The fourth-order valence-electron chi connectivity index (χ4n) is 1.71. The van der Waals surface area contributed by atoms with Crippen LogP contribution in [0.1, 0.15) is 37.7 Å². The van der Waals surface area contributed by atoms with E-state index in [1.54, 1.807) is 0 Å². The summed E-state index contributed by atoms with van der Waals surface area (Å²) in [7, 11) is 0. The molecule has 1 rings (SSSR count). The van der Waals surface area contributed by atoms with Gasteiger partial charge in [0.25, 0.3) is 0 Å². The lowest BCUT2D eigenvalue weighted by molar-refractivity contribution is 0.585. The molecule has 0 radical (unpaired) electrons. The second-order valence-corrected chi connectivity index (χ2v) is 4.16. The van der Waals surface area contributed by atoms with Crippen molar-refractivity contribution in [3.05, 3.63) is 35.9 Å². The van der Waals surface area contributed by atoms with Gasteiger partial charge in [-0.25, -0.2) is 0 Å². The molecule has 0 heterocycles. The number of rotatable bonds is 7. The van der Waals surface area contributed by atoms with Crippen molar-refractivity contribution in [2.24, 2.45) is 0 Å². The maximum absolute atomic E-state index is 5.19. The molecule has 0 spiro atoms. The van der Waals surface area contributed by atoms with Crippen LogP contribution in [0, 0.1) is 12.3 Å². The number of unbranched alkanes of at least 4 members (excludes halogenated alkanes) is 1. The molecule has 1 aromatic rings. The Kier molecular flexibility index (Phi) is 6.37. The van der Waals surface area contributed by atoms with Crippen LogP contribution in [-0.2, 0) is 0 Å². The summed E-state index contributed by atoms with van der Waals surface area (Å²) in [5, 5.41) is 3.43. The van der Waals surface area contributed by atoms with Crippen LogP contribution in [0.2, 0.25) is 0 Å². The fourth-order valence-corrected chi connectivity index (χ4v) is 1.71. The van der Waals surface area contributed by atoms with Crippen LogP contribution in [0.4, 0.5) is 0 Å². The van der Waals surface area contributed by atoms with Gasteiger partial charge in [0.2, 0.25) is 0 Å². The first-order valence-electron chi connectivity index (χ1n) is 6.03. The van der Waals surface area contributed by atoms with Gasteiger partial charge in [-0.3, -0.25) is 0 Å². The summed E-state index contributed by atoms with van der Waals surface area (Å²) in [5.74, 6) is 3.28. The molecule has 1 atom stereocenters. The predicted molar refractivity (Wildman–Crippen MR) is 70.4 cm³/mol. The smallest absolute Gasteiger partial charge is 0.00981 e. The summed E-state index contributed by atoms with van der Waals surface area (Å²) in [6, 6.07) is 10.7. The number of nitrogens with one attached hydrogen (secondary N) is 1. The highest BCUT2D eigenvalue weighted by Gasteiger charge is 2.03. The number of hydrogen-bond acceptors (Lipinski definition) is 1. The Labute approximate surface area is 99.3 Å². The van der Waals surface area contributed by atoms with Crippen LogP contribution in [0.15, 0.2) is 30.3 Å². The minimum atomic E-state index is 0.626. The Morgan fingerprint density at radius 2 is 2.00 bits per heavy atom. The van der Waals surface area contributed by atoms with E-state index in [9.17, 15) is 0 Å². The molecule has 1 unspecified atom stereocenters. The maximum Gasteiger partial charge on any atom is 0.00981 e. The summed E-state index contributed by atoms with van der Waals surface area (Å²) in [4.78, 5) is 0. The van der Waals surface area contributed by atoms with Crippen molar-refractivity contribution >= 4 is 0 Å². The average molecular weight is 215 g/mol. The highest BCUT2D eigenvalue weighted by molar-refractivity contribution is 5.18. The lowest BCUT2D eigenvalue weighted by atomic mass is 9.98. The van der Waals surface area contributed by atoms with E-state index in [2.05, 4.69) is 48.5 Å². The van der Waals surface area contributed by atoms with Gasteiger partial charge in [0.1, 0.15) is 0 Å². The summed E-state index contributed by atoms with van der Waals surface area (Å²) in [6.45, 7) is 4.38. The van der Waals surface area contributed by atoms with Gasteiger partial charge in [-0.05, 0) is 37.4 Å². The number of terminal acetylenes is 1. The number of benzene rings is 1. The second kappa shape index (κ2) is 7.96. The topological polar surface area (TPSA) is 12.0 Å². The van der Waals surface area contributed by atoms with Crippen LogP contribution in [-0.4, -0.2) is 13.1 Å². The molecule has 16 heavy (non-hydrogen) atoms. The van der Waals surface area contributed by atoms with Crippen molar-refractivity contribution in [1.29, 1.82) is 0 Å². The standard InChI is InChI=1S/C15H21N/c1-3-4-8-12-16-13-11-14(2)15-9-6-5-7-10-15/h1,5-7,9-10,14,16H,4,8,11-13H2,2H3. The Morgan fingerprint density at radius 3 is 2.69 bits per heavy atom. The maximum atomic E-state index is 5.19. The van der Waals surface area contributed by atoms with Crippen LogP contribution in [0.3, 0.4) is 0 Å². The van der Waals surface area contributed by atoms with Gasteiger partial charge < -0.3 is 5.32 Å². The van der Waals surface area contributed by atoms with Gasteiger partial charge in [-0.15, -0.1) is 12.3 Å². The Morgan fingerprint density at radius 1 is 1.25 bits per heavy atom. The quantitative estimate of drug-likeness (QED) is 0.544. The third-order valence-corrected chi connectivity index (χ3v) is 2.80. The van der Waals surface area contributed by atoms with Gasteiger partial charge >= 0.3 is 0 Å². The molecule has 0 saturated carbocycles. The van der Waals surface area contributed by atoms with Crippen molar-refractivity contribution in [2.45, 2.75) is 32.1 Å². The van der Waals surface area contributed by atoms with Gasteiger partial charge in [-0.2, -0.15) is 0 Å². The molecule has 0 aliphatic carbocycles. The Bertz CT molecular complexity index is 310. The SMILES string of the molecule is C#CCCCNCCC(C)c1ccccc1. The Hall–Kier alpha value is -1.26. The van der Waals surface area contributed by atoms with Gasteiger partial charge in [0, 0.05) is 6.42 Å². The van der Waals surface area contributed by atoms with Crippen molar-refractivity contribution < 1.29 is 0 Å². The van der Waals surface area contributed by atoms with Gasteiger partial charge in [0.15, 0.2) is 0 Å². The first-order chi connectivity index (χ1) is 7.84. The minimum Gasteiger partial charge on any atom is -0.317 e. The van der Waals surface area contributed by atoms with Crippen molar-refractivity contribution in [3.63, 3.8) is 0 Å². The molecular weight excluding hydrogens is 194 g/mol. The number of hydrogen-bond donors (Lipinski definition) is 1. The summed E-state index contributed by atoms with van der Waals surface area (Å²) < 4.78 is 0. The summed E-state index contributed by atoms with van der Waals surface area (Å²) >= 11 is 0. The first-order valence-corrected chi connectivity index (χ1v) is 6.03. The highest BCUT2D eigenvalue weighted by Crippen LogP contribution is 2.17. The molecule has 86 valence electrons. The van der Waals surface area contributed by atoms with Gasteiger partial charge in [0.05, 0.1) is 0 Å². The van der Waals surface area contributed by atoms with E-state index >= 15 is 0 Å². The van der Waals surface area contributed by atoms with E-state index in [4.69, 9.17) is 6.42 Å². The van der Waals surface area contributed by atoms with E-state index in [0.717, 1.165) is 25.9 Å². The van der Waals surface area contributed by atoms with Crippen molar-refractivity contribution in [3.8, 4) is 12.3 Å². The van der Waals surface area contributed by atoms with E-state index in [1.165, 1.54) is 12.0 Å². The third kappa shape index (κ3) is 5.00. The predicted octanol–water partition coefficient (Wildman–Crippen LogP) is 3.18. The van der Waals surface area contributed by atoms with Crippen molar-refractivity contribution in [1.82, 2.24) is 5.32 Å². The van der Waals surface area contributed by atoms with Crippen LogP contribution >= 0.6 is 0 Å². The summed E-state index contributed by atoms with van der Waals surface area (Å²) in [6.07, 6.45) is 8.33. The largest absolute Gasteiger partial charge is 0.317 e. The summed E-state index contributed by atoms with van der Waals surface area (Å²) in [5.41, 5.74) is 1.42. The monoisotopic (exact) mass is 215 g/mol. The first kappa shape index (κ1) is 12.8. The second-order valence-electron chi connectivity index (χ2n) is 4.16. The molecule has 0 aliphatic rings. The molecule has 0 amide bonds. The normalized spacial score (nSPS) is 12.0.